The molecule has 0 spiro atoms. The molecular formula is C10H22N2O2. The Bertz CT molecular complexity index is 144. The SMILES string of the molecule is COCCNCCN1CCOC(C)C1. The molecule has 0 aromatic carbocycles. The largest absolute Gasteiger partial charge is 0.383 e. The first-order chi connectivity index (χ1) is 6.83. The van der Waals surface area contributed by atoms with Crippen molar-refractivity contribution in [1.82, 2.24) is 10.2 Å². The molecular weight excluding hydrogens is 180 g/mol. The number of nitrogens with zero attached hydrogens (tertiary/aromatic N) is 1. The molecule has 1 aliphatic rings. The predicted octanol–water partition coefficient (Wildman–Crippen LogP) is -0.0569. The van der Waals surface area contributed by atoms with E-state index >= 15 is 0 Å². The summed E-state index contributed by atoms with van der Waals surface area (Å²) in [6, 6.07) is 0. The maximum absolute atomic E-state index is 5.47. The molecule has 1 N–H and O–H groups in total. The fraction of sp³-hybridized carbons (Fsp3) is 1.00. The first-order valence-electron chi connectivity index (χ1n) is 5.36. The summed E-state index contributed by atoms with van der Waals surface area (Å²) in [6.07, 6.45) is 0.391. The molecule has 0 amide bonds. The summed E-state index contributed by atoms with van der Waals surface area (Å²) in [5.41, 5.74) is 0. The molecule has 1 heterocycles. The Labute approximate surface area is 86.6 Å². The summed E-state index contributed by atoms with van der Waals surface area (Å²) in [5.74, 6) is 0. The number of ether oxygens (including phenoxy) is 2. The second-order valence-electron chi connectivity index (χ2n) is 3.72. The Balaban J connectivity index is 1.95. The summed E-state index contributed by atoms with van der Waals surface area (Å²) < 4.78 is 10.4. The lowest BCUT2D eigenvalue weighted by molar-refractivity contribution is -0.0177. The summed E-state index contributed by atoms with van der Waals surface area (Å²) in [7, 11) is 1.73. The van der Waals surface area contributed by atoms with Gasteiger partial charge in [0.15, 0.2) is 0 Å². The molecule has 0 aromatic rings. The average Bonchev–Trinajstić information content (AvgIpc) is 2.18. The number of morpholine rings is 1. The van der Waals surface area contributed by atoms with E-state index in [0.29, 0.717) is 6.10 Å². The third-order valence-corrected chi connectivity index (χ3v) is 2.41. The van der Waals surface area contributed by atoms with Crippen LogP contribution in [0.3, 0.4) is 0 Å². The van der Waals surface area contributed by atoms with Crippen LogP contribution < -0.4 is 5.32 Å². The van der Waals surface area contributed by atoms with Gasteiger partial charge >= 0.3 is 0 Å². The van der Waals surface area contributed by atoms with Gasteiger partial charge in [-0.1, -0.05) is 0 Å². The van der Waals surface area contributed by atoms with Gasteiger partial charge in [0.25, 0.3) is 0 Å². The van der Waals surface area contributed by atoms with Crippen LogP contribution >= 0.6 is 0 Å². The van der Waals surface area contributed by atoms with Crippen molar-refractivity contribution in [2.45, 2.75) is 13.0 Å². The highest BCUT2D eigenvalue weighted by Crippen LogP contribution is 2.02. The van der Waals surface area contributed by atoms with E-state index in [-0.39, 0.29) is 0 Å². The van der Waals surface area contributed by atoms with Crippen LogP contribution in [0.1, 0.15) is 6.92 Å². The van der Waals surface area contributed by atoms with Gasteiger partial charge in [0, 0.05) is 39.8 Å². The monoisotopic (exact) mass is 202 g/mol. The zero-order chi connectivity index (χ0) is 10.2. The normalized spacial score (nSPS) is 24.0. The molecule has 4 nitrogen and oxygen atoms in total. The summed E-state index contributed by atoms with van der Waals surface area (Å²) >= 11 is 0. The lowest BCUT2D eigenvalue weighted by atomic mass is 10.3. The molecule has 1 aliphatic heterocycles. The van der Waals surface area contributed by atoms with Gasteiger partial charge in [0.05, 0.1) is 19.3 Å². The molecule has 84 valence electrons. The Morgan fingerprint density at radius 3 is 3.07 bits per heavy atom. The quantitative estimate of drug-likeness (QED) is 0.612. The molecule has 0 radical (unpaired) electrons. The third-order valence-electron chi connectivity index (χ3n) is 2.41. The smallest absolute Gasteiger partial charge is 0.0674 e. The lowest BCUT2D eigenvalue weighted by Crippen LogP contribution is -2.44. The van der Waals surface area contributed by atoms with E-state index in [9.17, 15) is 0 Å². The van der Waals surface area contributed by atoms with Crippen LogP contribution in [0.2, 0.25) is 0 Å². The van der Waals surface area contributed by atoms with Crippen molar-refractivity contribution < 1.29 is 9.47 Å². The highest BCUT2D eigenvalue weighted by atomic mass is 16.5. The molecule has 1 rings (SSSR count). The zero-order valence-electron chi connectivity index (χ0n) is 9.29. The van der Waals surface area contributed by atoms with Crippen LogP contribution in [0.15, 0.2) is 0 Å². The van der Waals surface area contributed by atoms with Crippen LogP contribution in [-0.2, 0) is 9.47 Å². The van der Waals surface area contributed by atoms with Crippen molar-refractivity contribution in [2.75, 3.05) is 53.0 Å². The van der Waals surface area contributed by atoms with E-state index in [1.165, 1.54) is 0 Å². The van der Waals surface area contributed by atoms with Gasteiger partial charge in [-0.25, -0.2) is 0 Å². The van der Waals surface area contributed by atoms with E-state index < -0.39 is 0 Å². The number of rotatable bonds is 6. The molecule has 0 aliphatic carbocycles. The van der Waals surface area contributed by atoms with Crippen molar-refractivity contribution in [2.24, 2.45) is 0 Å². The predicted molar refractivity (Wildman–Crippen MR) is 56.6 cm³/mol. The molecule has 1 fully saturated rings. The summed E-state index contributed by atoms with van der Waals surface area (Å²) in [6.45, 7) is 9.01. The molecule has 14 heavy (non-hydrogen) atoms. The highest BCUT2D eigenvalue weighted by Gasteiger charge is 2.15. The van der Waals surface area contributed by atoms with Crippen molar-refractivity contribution in [3.8, 4) is 0 Å². The van der Waals surface area contributed by atoms with E-state index in [2.05, 4.69) is 17.1 Å². The van der Waals surface area contributed by atoms with Gasteiger partial charge in [-0.2, -0.15) is 0 Å². The van der Waals surface area contributed by atoms with Crippen molar-refractivity contribution in [1.29, 1.82) is 0 Å². The number of nitrogens with one attached hydrogen (secondary N) is 1. The number of hydrogen-bond donors (Lipinski definition) is 1. The molecule has 1 saturated heterocycles. The van der Waals surface area contributed by atoms with Gasteiger partial charge in [0.1, 0.15) is 0 Å². The minimum atomic E-state index is 0.391. The van der Waals surface area contributed by atoms with Crippen LogP contribution in [0, 0.1) is 0 Å². The second kappa shape index (κ2) is 7.17. The average molecular weight is 202 g/mol. The minimum Gasteiger partial charge on any atom is -0.383 e. The van der Waals surface area contributed by atoms with Crippen molar-refractivity contribution in [3.63, 3.8) is 0 Å². The van der Waals surface area contributed by atoms with Crippen LogP contribution in [-0.4, -0.2) is 64.1 Å². The molecule has 0 bridgehead atoms. The maximum atomic E-state index is 5.47. The highest BCUT2D eigenvalue weighted by molar-refractivity contribution is 4.68. The van der Waals surface area contributed by atoms with Crippen molar-refractivity contribution >= 4 is 0 Å². The van der Waals surface area contributed by atoms with E-state index in [0.717, 1.165) is 45.9 Å². The first-order valence-corrected chi connectivity index (χ1v) is 5.36. The van der Waals surface area contributed by atoms with Gasteiger partial charge < -0.3 is 14.8 Å². The Kier molecular flexibility index (Phi) is 6.10. The lowest BCUT2D eigenvalue weighted by Gasteiger charge is -2.31. The van der Waals surface area contributed by atoms with E-state index in [1.807, 2.05) is 0 Å². The Morgan fingerprint density at radius 1 is 1.50 bits per heavy atom. The van der Waals surface area contributed by atoms with Gasteiger partial charge in [-0.3, -0.25) is 4.90 Å². The van der Waals surface area contributed by atoms with Gasteiger partial charge in [-0.15, -0.1) is 0 Å². The molecule has 4 heteroatoms. The Morgan fingerprint density at radius 2 is 2.36 bits per heavy atom. The van der Waals surface area contributed by atoms with E-state index in [1.54, 1.807) is 7.11 Å². The fourth-order valence-corrected chi connectivity index (χ4v) is 1.63. The van der Waals surface area contributed by atoms with Crippen LogP contribution in [0.4, 0.5) is 0 Å². The third kappa shape index (κ3) is 4.91. The fourth-order valence-electron chi connectivity index (χ4n) is 1.63. The first kappa shape index (κ1) is 11.9. The zero-order valence-corrected chi connectivity index (χ0v) is 9.29. The molecule has 0 aromatic heterocycles. The maximum Gasteiger partial charge on any atom is 0.0674 e. The number of methoxy groups -OCH3 is 1. The van der Waals surface area contributed by atoms with E-state index in [4.69, 9.17) is 9.47 Å². The van der Waals surface area contributed by atoms with Gasteiger partial charge in [0.2, 0.25) is 0 Å². The minimum absolute atomic E-state index is 0.391. The standard InChI is InChI=1S/C10H22N2O2/c1-10-9-12(6-8-14-10)5-3-11-4-7-13-2/h10-11H,3-9H2,1-2H3. The molecule has 1 atom stereocenters. The van der Waals surface area contributed by atoms with Crippen LogP contribution in [0.5, 0.6) is 0 Å². The van der Waals surface area contributed by atoms with Crippen LogP contribution in [0.25, 0.3) is 0 Å². The summed E-state index contributed by atoms with van der Waals surface area (Å²) in [5, 5.41) is 3.34. The number of hydrogen-bond acceptors (Lipinski definition) is 4. The molecule has 1 unspecified atom stereocenters. The van der Waals surface area contributed by atoms with Gasteiger partial charge in [-0.05, 0) is 6.92 Å². The Hall–Kier alpha value is -0.160. The topological polar surface area (TPSA) is 33.7 Å². The van der Waals surface area contributed by atoms with Crippen molar-refractivity contribution in [3.05, 3.63) is 0 Å². The molecule has 0 saturated carbocycles. The second-order valence-corrected chi connectivity index (χ2v) is 3.72. The summed E-state index contributed by atoms with van der Waals surface area (Å²) in [4.78, 5) is 2.44.